The number of benzene rings is 1. The van der Waals surface area contributed by atoms with Crippen molar-refractivity contribution in [3.63, 3.8) is 0 Å². The molecule has 54 valence electrons. The Kier molecular flexibility index (Phi) is 3.04. The summed E-state index contributed by atoms with van der Waals surface area (Å²) in [7, 11) is -0.762. The van der Waals surface area contributed by atoms with E-state index in [0.29, 0.717) is 0 Å². The molecular formula is C7H9OPS. The Balaban J connectivity index is 2.90. The Morgan fingerprint density at radius 1 is 1.30 bits per heavy atom. The molecule has 10 heavy (non-hydrogen) atoms. The van der Waals surface area contributed by atoms with E-state index in [2.05, 4.69) is 0 Å². The second-order valence-electron chi connectivity index (χ2n) is 1.89. The van der Waals surface area contributed by atoms with Crippen molar-refractivity contribution in [3.05, 3.63) is 24.3 Å². The van der Waals surface area contributed by atoms with E-state index in [1.165, 1.54) is 4.90 Å². The predicted molar refractivity (Wildman–Crippen MR) is 48.3 cm³/mol. The zero-order chi connectivity index (χ0) is 7.40. The van der Waals surface area contributed by atoms with Gasteiger partial charge in [0.25, 0.3) is 0 Å². The van der Waals surface area contributed by atoms with Crippen LogP contribution in [-0.4, -0.2) is 6.26 Å². The maximum Gasteiger partial charge on any atom is 0.0921 e. The zero-order valence-corrected chi connectivity index (χ0v) is 7.67. The first-order valence-electron chi connectivity index (χ1n) is 2.96. The SMILES string of the molecule is CSc1ccc([PH2]=O)cc1. The molecule has 0 heterocycles. The van der Waals surface area contributed by atoms with Gasteiger partial charge in [-0.25, -0.2) is 0 Å². The minimum Gasteiger partial charge on any atom is -0.325 e. The third-order valence-electron chi connectivity index (χ3n) is 1.25. The van der Waals surface area contributed by atoms with Gasteiger partial charge < -0.3 is 4.57 Å². The van der Waals surface area contributed by atoms with Gasteiger partial charge in [-0.3, -0.25) is 0 Å². The van der Waals surface area contributed by atoms with Crippen LogP contribution in [0.3, 0.4) is 0 Å². The number of hydrogen-bond acceptors (Lipinski definition) is 2. The van der Waals surface area contributed by atoms with Crippen LogP contribution in [0.25, 0.3) is 0 Å². The highest BCUT2D eigenvalue weighted by atomic mass is 32.2. The lowest BCUT2D eigenvalue weighted by Crippen LogP contribution is -1.87. The fraction of sp³-hybridized carbons (Fsp3) is 0.143. The van der Waals surface area contributed by atoms with Gasteiger partial charge in [-0.15, -0.1) is 11.8 Å². The molecule has 0 aliphatic rings. The first-order valence-corrected chi connectivity index (χ1v) is 5.23. The molecule has 0 amide bonds. The molecule has 3 heteroatoms. The van der Waals surface area contributed by atoms with Gasteiger partial charge in [-0.2, -0.15) is 0 Å². The van der Waals surface area contributed by atoms with Crippen molar-refractivity contribution in [3.8, 4) is 0 Å². The van der Waals surface area contributed by atoms with E-state index in [0.717, 1.165) is 5.30 Å². The summed E-state index contributed by atoms with van der Waals surface area (Å²) < 4.78 is 10.4. The van der Waals surface area contributed by atoms with Crippen molar-refractivity contribution in [1.29, 1.82) is 0 Å². The lowest BCUT2D eigenvalue weighted by molar-refractivity contribution is 0.603. The highest BCUT2D eigenvalue weighted by Crippen LogP contribution is 2.12. The molecule has 0 bridgehead atoms. The van der Waals surface area contributed by atoms with Crippen LogP contribution in [0.4, 0.5) is 0 Å². The summed E-state index contributed by atoms with van der Waals surface area (Å²) >= 11 is 1.70. The molecule has 0 saturated carbocycles. The van der Waals surface area contributed by atoms with Crippen molar-refractivity contribution >= 4 is 25.5 Å². The average Bonchev–Trinajstić information content (AvgIpc) is 2.05. The second-order valence-corrected chi connectivity index (χ2v) is 3.67. The summed E-state index contributed by atoms with van der Waals surface area (Å²) in [5.74, 6) is 0. The van der Waals surface area contributed by atoms with E-state index in [1.54, 1.807) is 11.8 Å². The summed E-state index contributed by atoms with van der Waals surface area (Å²) in [6.45, 7) is 0. The van der Waals surface area contributed by atoms with Crippen LogP contribution in [0.2, 0.25) is 0 Å². The number of rotatable bonds is 2. The highest BCUT2D eigenvalue weighted by Gasteiger charge is 1.88. The summed E-state index contributed by atoms with van der Waals surface area (Å²) in [6, 6.07) is 7.80. The standard InChI is InChI=1S/C7H9OPS/c1-10-7-4-2-6(9-8)3-5-7/h2-5H,9H2,1H3. The van der Waals surface area contributed by atoms with E-state index >= 15 is 0 Å². The maximum atomic E-state index is 10.4. The smallest absolute Gasteiger partial charge is 0.0921 e. The third-order valence-corrected chi connectivity index (χ3v) is 2.65. The first kappa shape index (κ1) is 7.90. The normalized spacial score (nSPS) is 10.9. The van der Waals surface area contributed by atoms with Gasteiger partial charge >= 0.3 is 0 Å². The second kappa shape index (κ2) is 3.85. The monoisotopic (exact) mass is 172 g/mol. The largest absolute Gasteiger partial charge is 0.325 e. The van der Waals surface area contributed by atoms with Crippen molar-refractivity contribution in [1.82, 2.24) is 0 Å². The van der Waals surface area contributed by atoms with Gasteiger partial charge in [0.15, 0.2) is 0 Å². The molecule has 0 spiro atoms. The Morgan fingerprint density at radius 3 is 2.30 bits per heavy atom. The van der Waals surface area contributed by atoms with E-state index < -0.39 is 8.46 Å². The Labute approximate surface area is 66.0 Å². The molecule has 0 saturated heterocycles. The molecule has 1 atom stereocenters. The molecule has 1 unspecified atom stereocenters. The number of hydrogen-bond donors (Lipinski definition) is 0. The average molecular weight is 172 g/mol. The van der Waals surface area contributed by atoms with Crippen LogP contribution in [-0.2, 0) is 4.57 Å². The van der Waals surface area contributed by atoms with E-state index in [4.69, 9.17) is 0 Å². The summed E-state index contributed by atoms with van der Waals surface area (Å²) in [4.78, 5) is 1.22. The van der Waals surface area contributed by atoms with Crippen LogP contribution in [0.5, 0.6) is 0 Å². The molecule has 1 aromatic carbocycles. The van der Waals surface area contributed by atoms with Gasteiger partial charge in [0.2, 0.25) is 0 Å². The van der Waals surface area contributed by atoms with Gasteiger partial charge in [-0.05, 0) is 18.4 Å². The molecule has 1 nitrogen and oxygen atoms in total. The fourth-order valence-electron chi connectivity index (χ4n) is 0.682. The summed E-state index contributed by atoms with van der Waals surface area (Å²) in [6.07, 6.45) is 2.03. The lowest BCUT2D eigenvalue weighted by Gasteiger charge is -1.93. The van der Waals surface area contributed by atoms with Gasteiger partial charge in [-0.1, -0.05) is 12.1 Å². The van der Waals surface area contributed by atoms with Crippen LogP contribution < -0.4 is 5.30 Å². The van der Waals surface area contributed by atoms with Crippen LogP contribution in [0, 0.1) is 0 Å². The third kappa shape index (κ3) is 1.89. The van der Waals surface area contributed by atoms with Crippen molar-refractivity contribution < 1.29 is 4.57 Å². The quantitative estimate of drug-likeness (QED) is 0.499. The molecule has 0 aliphatic carbocycles. The topological polar surface area (TPSA) is 17.1 Å². The Hall–Kier alpha value is -0.200. The minimum atomic E-state index is -0.762. The Bertz CT molecular complexity index is 220. The molecular weight excluding hydrogens is 163 g/mol. The van der Waals surface area contributed by atoms with Crippen molar-refractivity contribution in [2.75, 3.05) is 6.26 Å². The number of thioether (sulfide) groups is 1. The first-order chi connectivity index (χ1) is 4.86. The molecule has 0 radical (unpaired) electrons. The van der Waals surface area contributed by atoms with Crippen molar-refractivity contribution in [2.45, 2.75) is 4.90 Å². The van der Waals surface area contributed by atoms with Crippen LogP contribution >= 0.6 is 20.2 Å². The molecule has 1 aromatic rings. The lowest BCUT2D eigenvalue weighted by atomic mass is 10.4. The maximum absolute atomic E-state index is 10.4. The van der Waals surface area contributed by atoms with Gasteiger partial charge in [0.05, 0.1) is 8.46 Å². The predicted octanol–water partition coefficient (Wildman–Crippen LogP) is 1.79. The van der Waals surface area contributed by atoms with E-state index in [-0.39, 0.29) is 0 Å². The molecule has 0 fully saturated rings. The van der Waals surface area contributed by atoms with Crippen molar-refractivity contribution in [2.24, 2.45) is 0 Å². The molecule has 0 N–H and O–H groups in total. The fourth-order valence-corrected chi connectivity index (χ4v) is 1.44. The minimum absolute atomic E-state index is 0.762. The van der Waals surface area contributed by atoms with Gasteiger partial charge in [0, 0.05) is 10.2 Å². The summed E-state index contributed by atoms with van der Waals surface area (Å²) in [5, 5.41) is 0.942. The zero-order valence-electron chi connectivity index (χ0n) is 5.70. The molecule has 0 aliphatic heterocycles. The van der Waals surface area contributed by atoms with Gasteiger partial charge in [0.1, 0.15) is 0 Å². The van der Waals surface area contributed by atoms with Crippen LogP contribution in [0.1, 0.15) is 0 Å². The molecule has 0 aromatic heterocycles. The Morgan fingerprint density at radius 2 is 1.90 bits per heavy atom. The molecule has 1 rings (SSSR count). The summed E-state index contributed by atoms with van der Waals surface area (Å²) in [5.41, 5.74) is 0. The van der Waals surface area contributed by atoms with E-state index in [9.17, 15) is 4.57 Å². The highest BCUT2D eigenvalue weighted by molar-refractivity contribution is 7.98. The van der Waals surface area contributed by atoms with Crippen LogP contribution in [0.15, 0.2) is 29.2 Å². The van der Waals surface area contributed by atoms with E-state index in [1.807, 2.05) is 30.5 Å².